The molecule has 0 atom stereocenters. The summed E-state index contributed by atoms with van der Waals surface area (Å²) in [5.41, 5.74) is 2.72. The number of rotatable bonds is 4. The standard InChI is InChI=1S/C16H15N5O/c1-2-21-19-16(18-20-21)17-15(22)14-10-8-13(9-11-14)12-6-4-3-5-7-12/h3-11H,2H2,1H3,(H,17,19,22). The molecule has 0 bridgehead atoms. The molecule has 1 N–H and O–H groups in total. The molecule has 0 aliphatic carbocycles. The molecule has 0 radical (unpaired) electrons. The van der Waals surface area contributed by atoms with Crippen molar-refractivity contribution in [2.24, 2.45) is 0 Å². The van der Waals surface area contributed by atoms with Gasteiger partial charge in [0, 0.05) is 5.56 Å². The zero-order valence-corrected chi connectivity index (χ0v) is 12.1. The van der Waals surface area contributed by atoms with Crippen LogP contribution < -0.4 is 5.32 Å². The normalized spacial score (nSPS) is 10.4. The van der Waals surface area contributed by atoms with E-state index in [1.165, 1.54) is 4.80 Å². The minimum atomic E-state index is -0.254. The van der Waals surface area contributed by atoms with E-state index in [9.17, 15) is 4.79 Å². The number of carbonyl (C=O) groups excluding carboxylic acids is 1. The maximum atomic E-state index is 12.1. The molecule has 6 nitrogen and oxygen atoms in total. The second-order valence-corrected chi connectivity index (χ2v) is 4.70. The molecule has 3 aromatic rings. The number of nitrogens with one attached hydrogen (secondary N) is 1. The highest BCUT2D eigenvalue weighted by Crippen LogP contribution is 2.19. The molecule has 0 aliphatic heterocycles. The van der Waals surface area contributed by atoms with E-state index in [-0.39, 0.29) is 11.9 Å². The molecule has 3 rings (SSSR count). The summed E-state index contributed by atoms with van der Waals surface area (Å²) in [4.78, 5) is 13.5. The van der Waals surface area contributed by atoms with Crippen LogP contribution in [-0.2, 0) is 6.54 Å². The van der Waals surface area contributed by atoms with Gasteiger partial charge in [-0.3, -0.25) is 10.1 Å². The lowest BCUT2D eigenvalue weighted by Crippen LogP contribution is -2.13. The molecule has 110 valence electrons. The number of aryl methyl sites for hydroxylation is 1. The van der Waals surface area contributed by atoms with Crippen molar-refractivity contribution >= 4 is 11.9 Å². The van der Waals surface area contributed by atoms with Crippen LogP contribution in [0.25, 0.3) is 11.1 Å². The summed E-state index contributed by atoms with van der Waals surface area (Å²) in [6.45, 7) is 2.50. The summed E-state index contributed by atoms with van der Waals surface area (Å²) in [6.07, 6.45) is 0. The topological polar surface area (TPSA) is 72.7 Å². The van der Waals surface area contributed by atoms with Crippen molar-refractivity contribution in [1.29, 1.82) is 0 Å². The van der Waals surface area contributed by atoms with Gasteiger partial charge in [0.05, 0.1) is 6.54 Å². The van der Waals surface area contributed by atoms with Crippen molar-refractivity contribution in [2.45, 2.75) is 13.5 Å². The molecule has 0 saturated heterocycles. The van der Waals surface area contributed by atoms with E-state index >= 15 is 0 Å². The zero-order valence-electron chi connectivity index (χ0n) is 12.1. The quantitative estimate of drug-likeness (QED) is 0.802. The predicted molar refractivity (Wildman–Crippen MR) is 83.3 cm³/mol. The lowest BCUT2D eigenvalue weighted by Gasteiger charge is -2.04. The molecule has 0 unspecified atom stereocenters. The number of hydrogen-bond acceptors (Lipinski definition) is 4. The van der Waals surface area contributed by atoms with Crippen LogP contribution in [0.3, 0.4) is 0 Å². The Labute approximate surface area is 127 Å². The molecule has 1 aromatic heterocycles. The van der Waals surface area contributed by atoms with Crippen LogP contribution in [0.1, 0.15) is 17.3 Å². The Hall–Kier alpha value is -3.02. The molecule has 1 amide bonds. The van der Waals surface area contributed by atoms with Crippen LogP contribution in [0, 0.1) is 0 Å². The molecule has 0 spiro atoms. The van der Waals surface area contributed by atoms with Crippen LogP contribution in [0.4, 0.5) is 5.95 Å². The number of carbonyl (C=O) groups is 1. The molecule has 0 fully saturated rings. The number of anilines is 1. The largest absolute Gasteiger partial charge is 0.288 e. The van der Waals surface area contributed by atoms with E-state index in [0.717, 1.165) is 11.1 Å². The summed E-state index contributed by atoms with van der Waals surface area (Å²) in [6, 6.07) is 17.4. The highest BCUT2D eigenvalue weighted by molar-refractivity contribution is 6.03. The Morgan fingerprint density at radius 1 is 1.05 bits per heavy atom. The van der Waals surface area contributed by atoms with E-state index in [1.807, 2.05) is 49.4 Å². The van der Waals surface area contributed by atoms with Crippen molar-refractivity contribution < 1.29 is 4.79 Å². The highest BCUT2D eigenvalue weighted by atomic mass is 16.1. The van der Waals surface area contributed by atoms with E-state index in [2.05, 4.69) is 20.7 Å². The third-order valence-corrected chi connectivity index (χ3v) is 3.22. The number of tetrazole rings is 1. The summed E-state index contributed by atoms with van der Waals surface area (Å²) >= 11 is 0. The van der Waals surface area contributed by atoms with Gasteiger partial charge in [-0.15, -0.1) is 5.10 Å². The van der Waals surface area contributed by atoms with Crippen molar-refractivity contribution in [3.8, 4) is 11.1 Å². The van der Waals surface area contributed by atoms with Gasteiger partial charge in [0.1, 0.15) is 0 Å². The average Bonchev–Trinajstić information content (AvgIpc) is 3.03. The maximum Gasteiger partial charge on any atom is 0.270 e. The van der Waals surface area contributed by atoms with E-state index < -0.39 is 0 Å². The van der Waals surface area contributed by atoms with Gasteiger partial charge < -0.3 is 0 Å². The number of aromatic nitrogens is 4. The van der Waals surface area contributed by atoms with Gasteiger partial charge in [0.2, 0.25) is 0 Å². The first-order valence-electron chi connectivity index (χ1n) is 7.01. The minimum Gasteiger partial charge on any atom is -0.288 e. The van der Waals surface area contributed by atoms with Crippen molar-refractivity contribution in [3.63, 3.8) is 0 Å². The summed E-state index contributed by atoms with van der Waals surface area (Å²) < 4.78 is 0. The first-order chi connectivity index (χ1) is 10.8. The predicted octanol–water partition coefficient (Wildman–Crippen LogP) is 2.61. The second-order valence-electron chi connectivity index (χ2n) is 4.70. The zero-order chi connectivity index (χ0) is 15.4. The van der Waals surface area contributed by atoms with Gasteiger partial charge in [-0.2, -0.15) is 4.80 Å². The lowest BCUT2D eigenvalue weighted by molar-refractivity contribution is 0.102. The third kappa shape index (κ3) is 3.01. The summed E-state index contributed by atoms with van der Waals surface area (Å²) in [7, 11) is 0. The fourth-order valence-electron chi connectivity index (χ4n) is 2.05. The van der Waals surface area contributed by atoms with Crippen LogP contribution in [0.5, 0.6) is 0 Å². The lowest BCUT2D eigenvalue weighted by atomic mass is 10.0. The Morgan fingerprint density at radius 3 is 2.36 bits per heavy atom. The van der Waals surface area contributed by atoms with Crippen LogP contribution in [0.15, 0.2) is 54.6 Å². The molecule has 0 aliphatic rings. The van der Waals surface area contributed by atoms with Gasteiger partial charge in [-0.25, -0.2) is 0 Å². The number of benzene rings is 2. The first-order valence-corrected chi connectivity index (χ1v) is 7.01. The van der Waals surface area contributed by atoms with Gasteiger partial charge in [0.15, 0.2) is 0 Å². The maximum absolute atomic E-state index is 12.1. The first kappa shape index (κ1) is 13.9. The average molecular weight is 293 g/mol. The van der Waals surface area contributed by atoms with Crippen LogP contribution >= 0.6 is 0 Å². The van der Waals surface area contributed by atoms with Gasteiger partial charge >= 0.3 is 0 Å². The van der Waals surface area contributed by atoms with Crippen LogP contribution in [-0.4, -0.2) is 26.1 Å². The smallest absolute Gasteiger partial charge is 0.270 e. The molecule has 2 aromatic carbocycles. The molecular weight excluding hydrogens is 278 g/mol. The number of nitrogens with zero attached hydrogens (tertiary/aromatic N) is 4. The van der Waals surface area contributed by atoms with Gasteiger partial charge in [0.25, 0.3) is 11.9 Å². The van der Waals surface area contributed by atoms with Crippen molar-refractivity contribution in [1.82, 2.24) is 20.2 Å². The monoisotopic (exact) mass is 293 g/mol. The molecule has 6 heteroatoms. The van der Waals surface area contributed by atoms with Crippen LogP contribution in [0.2, 0.25) is 0 Å². The van der Waals surface area contributed by atoms with Crippen molar-refractivity contribution in [2.75, 3.05) is 5.32 Å². The summed E-state index contributed by atoms with van der Waals surface area (Å²) in [5.74, 6) is -0.0470. The fraction of sp³-hybridized carbons (Fsp3) is 0.125. The van der Waals surface area contributed by atoms with Gasteiger partial charge in [-0.05, 0) is 35.4 Å². The Morgan fingerprint density at radius 2 is 1.73 bits per heavy atom. The summed E-state index contributed by atoms with van der Waals surface area (Å²) in [5, 5.41) is 14.2. The molecule has 22 heavy (non-hydrogen) atoms. The van der Waals surface area contributed by atoms with E-state index in [4.69, 9.17) is 0 Å². The molecule has 0 saturated carbocycles. The Balaban J connectivity index is 1.73. The molecule has 1 heterocycles. The van der Waals surface area contributed by atoms with E-state index in [0.29, 0.717) is 12.1 Å². The third-order valence-electron chi connectivity index (χ3n) is 3.22. The van der Waals surface area contributed by atoms with E-state index in [1.54, 1.807) is 12.1 Å². The van der Waals surface area contributed by atoms with Crippen molar-refractivity contribution in [3.05, 3.63) is 60.2 Å². The Kier molecular flexibility index (Phi) is 3.91. The fourth-order valence-corrected chi connectivity index (χ4v) is 2.05. The number of hydrogen-bond donors (Lipinski definition) is 1. The molecular formula is C16H15N5O. The highest BCUT2D eigenvalue weighted by Gasteiger charge is 2.09. The minimum absolute atomic E-state index is 0.207. The SMILES string of the molecule is CCn1nnc(NC(=O)c2ccc(-c3ccccc3)cc2)n1. The second kappa shape index (κ2) is 6.17. The Bertz CT molecular complexity index is 765. The van der Waals surface area contributed by atoms with Gasteiger partial charge in [-0.1, -0.05) is 47.6 Å². The number of amides is 1.